The lowest BCUT2D eigenvalue weighted by Crippen LogP contribution is -2.46. The van der Waals surface area contributed by atoms with E-state index in [1.165, 1.54) is 6.08 Å². The lowest BCUT2D eigenvalue weighted by molar-refractivity contribution is -0.134. The first-order chi connectivity index (χ1) is 10.6. The van der Waals surface area contributed by atoms with Crippen molar-refractivity contribution in [1.82, 2.24) is 9.96 Å². The van der Waals surface area contributed by atoms with Crippen molar-refractivity contribution in [2.24, 2.45) is 0 Å². The maximum absolute atomic E-state index is 12.2. The van der Waals surface area contributed by atoms with E-state index in [2.05, 4.69) is 0 Å². The molecule has 0 unspecified atom stereocenters. The summed E-state index contributed by atoms with van der Waals surface area (Å²) < 4.78 is 0. The second-order valence-electron chi connectivity index (χ2n) is 4.21. The summed E-state index contributed by atoms with van der Waals surface area (Å²) in [6.45, 7) is 3.54. The minimum Gasteiger partial charge on any atom is -0.289 e. The molecule has 117 valence electrons. The van der Waals surface area contributed by atoms with Gasteiger partial charge in [-0.05, 0) is 25.5 Å². The molecule has 0 aromatic heterocycles. The van der Waals surface area contributed by atoms with E-state index in [0.717, 1.165) is 15.5 Å². The molecule has 0 saturated carbocycles. The zero-order chi connectivity index (χ0) is 16.4. The third-order valence-corrected chi connectivity index (χ3v) is 2.72. The van der Waals surface area contributed by atoms with Gasteiger partial charge >= 0.3 is 6.03 Å². The zero-order valence-electron chi connectivity index (χ0n) is 12.7. The maximum Gasteiger partial charge on any atom is 0.351 e. The minimum atomic E-state index is -0.685. The van der Waals surface area contributed by atoms with Gasteiger partial charge in [-0.15, -0.1) is 0 Å². The molecule has 0 spiro atoms. The molecule has 3 amide bonds. The predicted molar refractivity (Wildman–Crippen MR) is 82.3 cm³/mol. The number of imide groups is 1. The topological polar surface area (TPSA) is 66.9 Å². The summed E-state index contributed by atoms with van der Waals surface area (Å²) in [7, 11) is 0. The van der Waals surface area contributed by atoms with Gasteiger partial charge in [0.25, 0.3) is 5.91 Å². The lowest BCUT2D eigenvalue weighted by Gasteiger charge is -2.25. The van der Waals surface area contributed by atoms with Gasteiger partial charge in [-0.1, -0.05) is 30.3 Å². The van der Waals surface area contributed by atoms with E-state index >= 15 is 0 Å². The Morgan fingerprint density at radius 1 is 1.23 bits per heavy atom. The summed E-state index contributed by atoms with van der Waals surface area (Å²) in [4.78, 5) is 40.9. The molecule has 0 fully saturated rings. The first kappa shape index (κ1) is 17.6. The fourth-order valence-corrected chi connectivity index (χ4v) is 1.70. The van der Waals surface area contributed by atoms with Crippen LogP contribution >= 0.6 is 0 Å². The van der Waals surface area contributed by atoms with Gasteiger partial charge in [0.1, 0.15) is 0 Å². The molecule has 1 rings (SSSR count). The van der Waals surface area contributed by atoms with Crippen molar-refractivity contribution in [2.45, 2.75) is 13.8 Å². The van der Waals surface area contributed by atoms with Crippen LogP contribution in [-0.4, -0.2) is 47.9 Å². The van der Waals surface area contributed by atoms with Crippen LogP contribution in [0.25, 0.3) is 6.08 Å². The van der Waals surface area contributed by atoms with Crippen LogP contribution in [-0.2, 0) is 14.4 Å². The Morgan fingerprint density at radius 3 is 2.45 bits per heavy atom. The van der Waals surface area contributed by atoms with Crippen LogP contribution in [0.1, 0.15) is 19.4 Å². The molecular weight excluding hydrogens is 284 g/mol. The Bertz CT molecular complexity index is 528. The molecule has 0 aliphatic heterocycles. The number of hydrogen-bond acceptors (Lipinski definition) is 4. The Labute approximate surface area is 129 Å². The standard InChI is InChI=1S/C16H19N2O4/c1-3-18(22-4-2)16(21)17(12-13-19)15(20)11-10-14-8-6-5-7-9-14/h5-11H,3-4,12H2,1-2H3/b11-10+. The molecule has 1 aromatic rings. The van der Waals surface area contributed by atoms with Crippen LogP contribution in [0.4, 0.5) is 4.79 Å². The van der Waals surface area contributed by atoms with Crippen LogP contribution < -0.4 is 0 Å². The van der Waals surface area contributed by atoms with E-state index in [4.69, 9.17) is 4.84 Å². The highest BCUT2D eigenvalue weighted by Crippen LogP contribution is 2.05. The molecule has 0 heterocycles. The van der Waals surface area contributed by atoms with Gasteiger partial charge in [0.15, 0.2) is 0 Å². The molecule has 0 N–H and O–H groups in total. The van der Waals surface area contributed by atoms with Crippen molar-refractivity contribution >= 4 is 24.3 Å². The van der Waals surface area contributed by atoms with E-state index in [1.807, 2.05) is 30.3 Å². The summed E-state index contributed by atoms with van der Waals surface area (Å²) in [6, 6.07) is 8.48. The number of benzene rings is 1. The maximum atomic E-state index is 12.2. The summed E-state index contributed by atoms with van der Waals surface area (Å²) in [5.74, 6) is -0.602. The highest BCUT2D eigenvalue weighted by atomic mass is 16.7. The highest BCUT2D eigenvalue weighted by molar-refractivity contribution is 6.03. The summed E-state index contributed by atoms with van der Waals surface area (Å²) in [5.41, 5.74) is 0.815. The van der Waals surface area contributed by atoms with Crippen molar-refractivity contribution in [3.63, 3.8) is 0 Å². The van der Waals surface area contributed by atoms with E-state index in [9.17, 15) is 14.4 Å². The van der Waals surface area contributed by atoms with Gasteiger partial charge in [-0.3, -0.25) is 19.3 Å². The largest absolute Gasteiger partial charge is 0.351 e. The number of hydrogen-bond donors (Lipinski definition) is 0. The van der Waals surface area contributed by atoms with Gasteiger partial charge in [0.05, 0.1) is 13.2 Å². The van der Waals surface area contributed by atoms with E-state index in [0.29, 0.717) is 0 Å². The van der Waals surface area contributed by atoms with Crippen LogP contribution in [0.15, 0.2) is 36.4 Å². The van der Waals surface area contributed by atoms with Crippen LogP contribution in [0.2, 0.25) is 0 Å². The summed E-state index contributed by atoms with van der Waals surface area (Å²) in [5, 5.41) is 1.03. The van der Waals surface area contributed by atoms with Gasteiger partial charge < -0.3 is 0 Å². The average Bonchev–Trinajstić information content (AvgIpc) is 2.55. The van der Waals surface area contributed by atoms with Crippen molar-refractivity contribution in [1.29, 1.82) is 0 Å². The minimum absolute atomic E-state index is 0.262. The first-order valence-corrected chi connectivity index (χ1v) is 6.98. The van der Waals surface area contributed by atoms with Crippen LogP contribution in [0.3, 0.4) is 0 Å². The van der Waals surface area contributed by atoms with Crippen molar-refractivity contribution in [3.8, 4) is 0 Å². The molecule has 0 saturated heterocycles. The fraction of sp³-hybridized carbons (Fsp3) is 0.312. The second kappa shape index (κ2) is 9.46. The molecule has 1 aromatic carbocycles. The number of hydroxylamine groups is 2. The second-order valence-corrected chi connectivity index (χ2v) is 4.21. The smallest absolute Gasteiger partial charge is 0.289 e. The van der Waals surface area contributed by atoms with E-state index in [1.54, 1.807) is 26.2 Å². The average molecular weight is 303 g/mol. The third-order valence-electron chi connectivity index (χ3n) is 2.72. The normalized spacial score (nSPS) is 10.5. The van der Waals surface area contributed by atoms with E-state index in [-0.39, 0.29) is 13.2 Å². The molecule has 0 aliphatic carbocycles. The quantitative estimate of drug-likeness (QED) is 0.571. The lowest BCUT2D eigenvalue weighted by atomic mass is 10.2. The van der Waals surface area contributed by atoms with Gasteiger partial charge in [-0.2, -0.15) is 0 Å². The molecule has 6 nitrogen and oxygen atoms in total. The molecule has 1 radical (unpaired) electrons. The predicted octanol–water partition coefficient (Wildman–Crippen LogP) is 2.03. The van der Waals surface area contributed by atoms with Crippen LogP contribution in [0.5, 0.6) is 0 Å². The molecule has 0 atom stereocenters. The number of rotatable bonds is 7. The number of urea groups is 1. The molecule has 6 heteroatoms. The Balaban J connectivity index is 2.85. The summed E-state index contributed by atoms with van der Waals surface area (Å²) >= 11 is 0. The van der Waals surface area contributed by atoms with Gasteiger partial charge in [0, 0.05) is 12.6 Å². The number of carbonyl (C=O) groups is 2. The third kappa shape index (κ3) is 5.14. The van der Waals surface area contributed by atoms with Crippen molar-refractivity contribution in [3.05, 3.63) is 42.0 Å². The van der Waals surface area contributed by atoms with Crippen molar-refractivity contribution < 1.29 is 19.2 Å². The molecule has 22 heavy (non-hydrogen) atoms. The first-order valence-electron chi connectivity index (χ1n) is 6.98. The fourth-order valence-electron chi connectivity index (χ4n) is 1.70. The zero-order valence-corrected chi connectivity index (χ0v) is 12.7. The molecule has 0 aliphatic rings. The summed E-state index contributed by atoms with van der Waals surface area (Å²) in [6.07, 6.45) is 4.38. The Hall–Kier alpha value is -2.47. The Morgan fingerprint density at radius 2 is 1.91 bits per heavy atom. The number of amides is 3. The number of carbonyl (C=O) groups excluding carboxylic acids is 3. The van der Waals surface area contributed by atoms with Gasteiger partial charge in [0.2, 0.25) is 6.29 Å². The van der Waals surface area contributed by atoms with E-state index < -0.39 is 18.5 Å². The van der Waals surface area contributed by atoms with Gasteiger partial charge in [-0.25, -0.2) is 9.86 Å². The van der Waals surface area contributed by atoms with Crippen LogP contribution in [0, 0.1) is 0 Å². The monoisotopic (exact) mass is 303 g/mol. The molecule has 0 bridgehead atoms. The van der Waals surface area contributed by atoms with Crippen molar-refractivity contribution in [2.75, 3.05) is 19.7 Å². The SMILES string of the molecule is CCON(CC)C(=O)N(C[C]=O)C(=O)/C=C/c1ccccc1. The number of nitrogens with zero attached hydrogens (tertiary/aromatic N) is 2. The Kier molecular flexibility index (Phi) is 7.56. The highest BCUT2D eigenvalue weighted by Gasteiger charge is 2.24. The molecular formula is C16H19N2O4.